The fraction of sp³-hybridized carbons (Fsp3) is 0.185. The van der Waals surface area contributed by atoms with E-state index in [0.717, 1.165) is 17.8 Å². The highest BCUT2D eigenvalue weighted by molar-refractivity contribution is 5.83. The second-order valence-electron chi connectivity index (χ2n) is 8.34. The highest BCUT2D eigenvalue weighted by atomic mass is 14.9. The summed E-state index contributed by atoms with van der Waals surface area (Å²) in [5.74, 6) is 0.472. The summed E-state index contributed by atoms with van der Waals surface area (Å²) >= 11 is 0. The van der Waals surface area contributed by atoms with Crippen molar-refractivity contribution in [3.63, 3.8) is 0 Å². The minimum absolute atomic E-state index is 0.0607. The van der Waals surface area contributed by atoms with Crippen LogP contribution in [0.3, 0.4) is 0 Å². The molecule has 0 saturated carbocycles. The Balaban J connectivity index is 1.47. The first-order valence-corrected chi connectivity index (χ1v) is 10.1. The molecule has 0 amide bonds. The first-order valence-electron chi connectivity index (χ1n) is 10.1. The van der Waals surface area contributed by atoms with Gasteiger partial charge in [0, 0.05) is 22.7 Å². The molecule has 1 unspecified atom stereocenters. The predicted molar refractivity (Wildman–Crippen MR) is 119 cm³/mol. The molecule has 28 heavy (non-hydrogen) atoms. The highest BCUT2D eigenvalue weighted by Gasteiger charge is 2.34. The van der Waals surface area contributed by atoms with Crippen LogP contribution < -0.4 is 5.32 Å². The summed E-state index contributed by atoms with van der Waals surface area (Å²) in [7, 11) is 0. The van der Waals surface area contributed by atoms with Crippen LogP contribution >= 0.6 is 0 Å². The second kappa shape index (κ2) is 6.53. The van der Waals surface area contributed by atoms with Gasteiger partial charge < -0.3 is 5.32 Å². The maximum Gasteiger partial charge on any atom is 0.0390 e. The van der Waals surface area contributed by atoms with Crippen molar-refractivity contribution in [2.45, 2.75) is 31.6 Å². The SMILES string of the molecule is CC1(C)c2ccccc2-c2cc(Nc3cccc(C4C=CC=CC4)c3)ccc21. The van der Waals surface area contributed by atoms with Crippen molar-refractivity contribution in [3.8, 4) is 11.1 Å². The summed E-state index contributed by atoms with van der Waals surface area (Å²) in [6.45, 7) is 4.64. The van der Waals surface area contributed by atoms with E-state index in [1.165, 1.54) is 27.8 Å². The van der Waals surface area contributed by atoms with Crippen molar-refractivity contribution in [3.05, 3.63) is 108 Å². The Hall–Kier alpha value is -3.06. The van der Waals surface area contributed by atoms with Gasteiger partial charge in [-0.2, -0.15) is 0 Å². The van der Waals surface area contributed by atoms with E-state index in [2.05, 4.69) is 110 Å². The fourth-order valence-corrected chi connectivity index (χ4v) is 4.64. The van der Waals surface area contributed by atoms with E-state index in [-0.39, 0.29) is 5.41 Å². The van der Waals surface area contributed by atoms with E-state index in [1.807, 2.05) is 0 Å². The molecule has 3 aromatic carbocycles. The van der Waals surface area contributed by atoms with E-state index in [1.54, 1.807) is 0 Å². The molecule has 5 rings (SSSR count). The number of nitrogens with one attached hydrogen (secondary N) is 1. The number of rotatable bonds is 3. The van der Waals surface area contributed by atoms with Gasteiger partial charge in [0.25, 0.3) is 0 Å². The first-order chi connectivity index (χ1) is 13.6. The largest absolute Gasteiger partial charge is 0.356 e. The van der Waals surface area contributed by atoms with Crippen LogP contribution in [0.4, 0.5) is 11.4 Å². The Bertz CT molecular complexity index is 1100. The van der Waals surface area contributed by atoms with Crippen LogP contribution in [-0.2, 0) is 5.41 Å². The van der Waals surface area contributed by atoms with Crippen molar-refractivity contribution >= 4 is 11.4 Å². The average molecular weight is 364 g/mol. The molecule has 138 valence electrons. The molecule has 0 radical (unpaired) electrons. The minimum Gasteiger partial charge on any atom is -0.356 e. The third kappa shape index (κ3) is 2.79. The fourth-order valence-electron chi connectivity index (χ4n) is 4.64. The van der Waals surface area contributed by atoms with Crippen molar-refractivity contribution in [1.29, 1.82) is 0 Å². The quantitative estimate of drug-likeness (QED) is 0.513. The average Bonchev–Trinajstić information content (AvgIpc) is 2.96. The summed E-state index contributed by atoms with van der Waals surface area (Å²) in [5.41, 5.74) is 9.24. The van der Waals surface area contributed by atoms with Gasteiger partial charge in [0.1, 0.15) is 0 Å². The van der Waals surface area contributed by atoms with Crippen LogP contribution in [0.1, 0.15) is 42.9 Å². The summed E-state index contributed by atoms with van der Waals surface area (Å²) in [5, 5.41) is 3.63. The molecule has 0 aliphatic heterocycles. The van der Waals surface area contributed by atoms with Gasteiger partial charge in [-0.15, -0.1) is 0 Å². The third-order valence-electron chi connectivity index (χ3n) is 6.17. The Labute approximate surface area is 167 Å². The van der Waals surface area contributed by atoms with Crippen molar-refractivity contribution in [2.75, 3.05) is 5.32 Å². The standard InChI is InChI=1S/C27H25N/c1-27(2)25-14-7-6-13-23(25)24-18-22(15-16-26(24)27)28-21-12-8-11-20(17-21)19-9-4-3-5-10-19/h3-9,11-19,28H,10H2,1-2H3. The van der Waals surface area contributed by atoms with Gasteiger partial charge in [-0.1, -0.05) is 80.6 Å². The molecule has 0 fully saturated rings. The maximum absolute atomic E-state index is 3.63. The molecule has 1 atom stereocenters. The van der Waals surface area contributed by atoms with Gasteiger partial charge in [-0.25, -0.2) is 0 Å². The van der Waals surface area contributed by atoms with Crippen LogP contribution in [0.2, 0.25) is 0 Å². The number of anilines is 2. The number of hydrogen-bond donors (Lipinski definition) is 1. The van der Waals surface area contributed by atoms with Crippen LogP contribution in [0, 0.1) is 0 Å². The van der Waals surface area contributed by atoms with Gasteiger partial charge in [-0.05, 0) is 58.5 Å². The predicted octanol–water partition coefficient (Wildman–Crippen LogP) is 7.34. The smallest absolute Gasteiger partial charge is 0.0390 e. The molecule has 0 heterocycles. The van der Waals surface area contributed by atoms with Crippen LogP contribution in [0.5, 0.6) is 0 Å². The van der Waals surface area contributed by atoms with E-state index in [4.69, 9.17) is 0 Å². The molecule has 1 nitrogen and oxygen atoms in total. The van der Waals surface area contributed by atoms with Crippen molar-refractivity contribution < 1.29 is 0 Å². The van der Waals surface area contributed by atoms with E-state index >= 15 is 0 Å². The van der Waals surface area contributed by atoms with Crippen molar-refractivity contribution in [1.82, 2.24) is 0 Å². The Kier molecular flexibility index (Phi) is 3.98. The number of benzene rings is 3. The zero-order chi connectivity index (χ0) is 19.1. The number of allylic oxidation sites excluding steroid dienone is 4. The lowest BCUT2D eigenvalue weighted by molar-refractivity contribution is 0.660. The highest BCUT2D eigenvalue weighted by Crippen LogP contribution is 2.49. The Morgan fingerprint density at radius 1 is 0.786 bits per heavy atom. The summed E-state index contributed by atoms with van der Waals surface area (Å²) in [6, 6.07) is 24.4. The zero-order valence-electron chi connectivity index (χ0n) is 16.4. The summed E-state index contributed by atoms with van der Waals surface area (Å²) in [4.78, 5) is 0. The molecule has 1 N–H and O–H groups in total. The molecule has 3 aromatic rings. The lowest BCUT2D eigenvalue weighted by Gasteiger charge is -2.21. The van der Waals surface area contributed by atoms with Gasteiger partial charge >= 0.3 is 0 Å². The topological polar surface area (TPSA) is 12.0 Å². The van der Waals surface area contributed by atoms with Gasteiger partial charge in [0.15, 0.2) is 0 Å². The van der Waals surface area contributed by atoms with E-state index in [9.17, 15) is 0 Å². The lowest BCUT2D eigenvalue weighted by atomic mass is 9.82. The molecule has 0 bridgehead atoms. The Morgan fingerprint density at radius 2 is 1.61 bits per heavy atom. The van der Waals surface area contributed by atoms with Crippen LogP contribution in [0.25, 0.3) is 11.1 Å². The second-order valence-corrected chi connectivity index (χ2v) is 8.34. The van der Waals surface area contributed by atoms with Crippen LogP contribution in [0.15, 0.2) is 91.0 Å². The number of fused-ring (bicyclic) bond motifs is 3. The molecule has 2 aliphatic rings. The molecule has 0 spiro atoms. The lowest BCUT2D eigenvalue weighted by Crippen LogP contribution is -2.14. The molecular formula is C27H25N. The number of hydrogen-bond acceptors (Lipinski definition) is 1. The summed E-state index contributed by atoms with van der Waals surface area (Å²) in [6.07, 6.45) is 9.87. The molecule has 0 aromatic heterocycles. The zero-order valence-corrected chi connectivity index (χ0v) is 16.4. The van der Waals surface area contributed by atoms with Gasteiger partial charge in [0.2, 0.25) is 0 Å². The van der Waals surface area contributed by atoms with Gasteiger partial charge in [0.05, 0.1) is 0 Å². The minimum atomic E-state index is 0.0607. The molecular weight excluding hydrogens is 338 g/mol. The molecule has 2 aliphatic carbocycles. The first kappa shape index (κ1) is 17.1. The van der Waals surface area contributed by atoms with E-state index in [0.29, 0.717) is 5.92 Å². The third-order valence-corrected chi connectivity index (χ3v) is 6.17. The normalized spacial score (nSPS) is 18.6. The molecule has 1 heteroatoms. The summed E-state index contributed by atoms with van der Waals surface area (Å²) < 4.78 is 0. The molecule has 0 saturated heterocycles. The van der Waals surface area contributed by atoms with E-state index < -0.39 is 0 Å². The maximum atomic E-state index is 3.63. The van der Waals surface area contributed by atoms with Crippen LogP contribution in [-0.4, -0.2) is 0 Å². The Morgan fingerprint density at radius 3 is 2.46 bits per heavy atom. The monoisotopic (exact) mass is 363 g/mol. The van der Waals surface area contributed by atoms with Crippen molar-refractivity contribution in [2.24, 2.45) is 0 Å². The van der Waals surface area contributed by atoms with Gasteiger partial charge in [-0.3, -0.25) is 0 Å².